The van der Waals surface area contributed by atoms with Gasteiger partial charge in [-0.2, -0.15) is 0 Å². The van der Waals surface area contributed by atoms with E-state index in [1.807, 2.05) is 13.8 Å². The molecule has 0 bridgehead atoms. The van der Waals surface area contributed by atoms with Crippen molar-refractivity contribution in [2.24, 2.45) is 5.92 Å². The van der Waals surface area contributed by atoms with E-state index < -0.39 is 7.60 Å². The van der Waals surface area contributed by atoms with Crippen molar-refractivity contribution in [2.45, 2.75) is 64.1 Å². The first-order valence-corrected chi connectivity index (χ1v) is 12.7. The van der Waals surface area contributed by atoms with Gasteiger partial charge in [0, 0.05) is 6.54 Å². The summed E-state index contributed by atoms with van der Waals surface area (Å²) < 4.78 is 25.7. The van der Waals surface area contributed by atoms with E-state index in [1.54, 1.807) is 0 Å². The molecule has 0 amide bonds. The van der Waals surface area contributed by atoms with Crippen molar-refractivity contribution in [3.05, 3.63) is 6.33 Å². The van der Waals surface area contributed by atoms with Crippen molar-refractivity contribution in [3.8, 4) is 0 Å². The predicted molar refractivity (Wildman–Crippen MR) is 113 cm³/mol. The fraction of sp³-hybridized carbons (Fsp3) is 0.722. The summed E-state index contributed by atoms with van der Waals surface area (Å²) in [5.74, 6) is 1.10. The highest BCUT2D eigenvalue weighted by atomic mass is 32.2. The zero-order chi connectivity index (χ0) is 20.0. The summed E-state index contributed by atoms with van der Waals surface area (Å²) in [5, 5.41) is 0.734. The summed E-state index contributed by atoms with van der Waals surface area (Å²) in [7, 11) is -3.16. The van der Waals surface area contributed by atoms with Crippen LogP contribution in [-0.4, -0.2) is 38.2 Å². The number of nitrogens with two attached hydrogens (primary N) is 1. The fourth-order valence-corrected chi connectivity index (χ4v) is 6.72. The Hall–Kier alpha value is -1.15. The number of imidazole rings is 1. The number of anilines is 1. The Labute approximate surface area is 170 Å². The minimum Gasteiger partial charge on any atom is -0.382 e. The first kappa shape index (κ1) is 21.6. The zero-order valence-electron chi connectivity index (χ0n) is 16.7. The largest absolute Gasteiger partial charge is 0.382 e. The van der Waals surface area contributed by atoms with Crippen LogP contribution in [0.3, 0.4) is 0 Å². The number of nitrogens with zero attached hydrogens (tertiary/aromatic N) is 4. The van der Waals surface area contributed by atoms with Gasteiger partial charge in [-0.15, -0.1) is 0 Å². The molecule has 0 radical (unpaired) electrons. The van der Waals surface area contributed by atoms with E-state index in [-0.39, 0.29) is 5.49 Å². The highest BCUT2D eigenvalue weighted by Gasteiger charge is 2.26. The number of aromatic nitrogens is 4. The summed E-state index contributed by atoms with van der Waals surface area (Å²) >= 11 is 1.37. The van der Waals surface area contributed by atoms with Crippen LogP contribution in [0.2, 0.25) is 0 Å². The molecule has 28 heavy (non-hydrogen) atoms. The van der Waals surface area contributed by atoms with Gasteiger partial charge < -0.3 is 19.3 Å². The second-order valence-corrected chi connectivity index (χ2v) is 10.4. The van der Waals surface area contributed by atoms with E-state index >= 15 is 0 Å². The van der Waals surface area contributed by atoms with Gasteiger partial charge in [0.1, 0.15) is 11.8 Å². The number of rotatable bonds is 10. The molecule has 0 aromatic carbocycles. The fourth-order valence-electron chi connectivity index (χ4n) is 3.68. The molecule has 0 saturated heterocycles. The molecule has 2 aromatic rings. The van der Waals surface area contributed by atoms with Crippen molar-refractivity contribution in [3.63, 3.8) is 0 Å². The number of nitrogen functional groups attached to an aromatic ring is 1. The summed E-state index contributed by atoms with van der Waals surface area (Å²) in [6, 6.07) is 0. The standard InChI is InChI=1S/C18H30N5O3PS/c1-3-25-27(24,26-4-2)13-28-18-22-15-16(19)20-12-21-17(15)23(18)11-10-14-8-6-5-7-9-14/h12,14H,3-11,13H2,1-2H3,(H2,19,20,21). The Balaban J connectivity index is 1.81. The van der Waals surface area contributed by atoms with E-state index in [2.05, 4.69) is 19.5 Å². The Morgan fingerprint density at radius 3 is 2.61 bits per heavy atom. The Bertz CT molecular complexity index is 815. The maximum Gasteiger partial charge on any atom is 0.340 e. The molecular weight excluding hydrogens is 397 g/mol. The highest BCUT2D eigenvalue weighted by Crippen LogP contribution is 2.52. The molecule has 156 valence electrons. The third kappa shape index (κ3) is 5.26. The van der Waals surface area contributed by atoms with Gasteiger partial charge in [0.25, 0.3) is 0 Å². The summed E-state index contributed by atoms with van der Waals surface area (Å²) in [5.41, 5.74) is 7.54. The molecule has 8 nitrogen and oxygen atoms in total. The average Bonchev–Trinajstić information content (AvgIpc) is 3.05. The quantitative estimate of drug-likeness (QED) is 0.430. The van der Waals surface area contributed by atoms with Gasteiger partial charge in [0.05, 0.1) is 13.2 Å². The zero-order valence-corrected chi connectivity index (χ0v) is 18.4. The van der Waals surface area contributed by atoms with E-state index in [0.29, 0.717) is 24.5 Å². The Morgan fingerprint density at radius 1 is 1.21 bits per heavy atom. The third-order valence-electron chi connectivity index (χ3n) is 5.01. The van der Waals surface area contributed by atoms with Gasteiger partial charge in [-0.3, -0.25) is 4.57 Å². The molecular formula is C18H30N5O3PS. The van der Waals surface area contributed by atoms with Crippen LogP contribution >= 0.6 is 19.4 Å². The lowest BCUT2D eigenvalue weighted by atomic mass is 9.87. The van der Waals surface area contributed by atoms with Crippen molar-refractivity contribution >= 4 is 36.3 Å². The van der Waals surface area contributed by atoms with Gasteiger partial charge in [0.2, 0.25) is 0 Å². The number of thioether (sulfide) groups is 1. The van der Waals surface area contributed by atoms with E-state index in [9.17, 15) is 4.57 Å². The van der Waals surface area contributed by atoms with Crippen LogP contribution < -0.4 is 5.73 Å². The van der Waals surface area contributed by atoms with Gasteiger partial charge in [-0.05, 0) is 26.2 Å². The van der Waals surface area contributed by atoms with Gasteiger partial charge in [-0.1, -0.05) is 43.9 Å². The Kier molecular flexibility index (Phi) is 7.74. The van der Waals surface area contributed by atoms with Crippen LogP contribution in [-0.2, 0) is 20.2 Å². The molecule has 1 aliphatic rings. The van der Waals surface area contributed by atoms with Crippen molar-refractivity contribution in [2.75, 3.05) is 24.4 Å². The van der Waals surface area contributed by atoms with Gasteiger partial charge in [0.15, 0.2) is 22.1 Å². The maximum absolute atomic E-state index is 12.8. The van der Waals surface area contributed by atoms with Crippen LogP contribution in [0.4, 0.5) is 5.82 Å². The van der Waals surface area contributed by atoms with Crippen LogP contribution in [0.15, 0.2) is 11.5 Å². The molecule has 0 atom stereocenters. The maximum atomic E-state index is 12.8. The predicted octanol–water partition coefficient (Wildman–Crippen LogP) is 4.69. The van der Waals surface area contributed by atoms with Crippen molar-refractivity contribution < 1.29 is 13.6 Å². The highest BCUT2D eigenvalue weighted by molar-refractivity contribution is 8.04. The van der Waals surface area contributed by atoms with Crippen molar-refractivity contribution in [1.82, 2.24) is 19.5 Å². The topological polar surface area (TPSA) is 105 Å². The van der Waals surface area contributed by atoms with E-state index in [0.717, 1.165) is 29.7 Å². The first-order chi connectivity index (χ1) is 13.6. The second-order valence-electron chi connectivity index (χ2n) is 6.99. The normalized spacial score (nSPS) is 16.1. The molecule has 1 aliphatic carbocycles. The molecule has 1 saturated carbocycles. The van der Waals surface area contributed by atoms with E-state index in [1.165, 1.54) is 50.2 Å². The SMILES string of the molecule is CCOP(=O)(CSc1nc2c(N)ncnc2n1CCC1CCCCC1)OCC. The molecule has 3 rings (SSSR count). The lowest BCUT2D eigenvalue weighted by Gasteiger charge is -2.22. The molecule has 2 N–H and O–H groups in total. The summed E-state index contributed by atoms with van der Waals surface area (Å²) in [6.45, 7) is 5.12. The van der Waals surface area contributed by atoms with Gasteiger partial charge in [-0.25, -0.2) is 15.0 Å². The van der Waals surface area contributed by atoms with Crippen molar-refractivity contribution in [1.29, 1.82) is 0 Å². The number of hydrogen-bond acceptors (Lipinski definition) is 8. The number of fused-ring (bicyclic) bond motifs is 1. The molecule has 2 aromatic heterocycles. The third-order valence-corrected chi connectivity index (χ3v) is 8.67. The molecule has 1 fully saturated rings. The minimum absolute atomic E-state index is 0.203. The smallest absolute Gasteiger partial charge is 0.340 e. The second kappa shape index (κ2) is 10.1. The average molecular weight is 428 g/mol. The molecule has 0 aliphatic heterocycles. The minimum atomic E-state index is -3.16. The summed E-state index contributed by atoms with van der Waals surface area (Å²) in [6.07, 6.45) is 9.11. The Morgan fingerprint density at radius 2 is 1.93 bits per heavy atom. The van der Waals surface area contributed by atoms with Crippen LogP contribution in [0.25, 0.3) is 11.2 Å². The molecule has 0 unspecified atom stereocenters. The summed E-state index contributed by atoms with van der Waals surface area (Å²) in [4.78, 5) is 13.1. The van der Waals surface area contributed by atoms with E-state index in [4.69, 9.17) is 14.8 Å². The van der Waals surface area contributed by atoms with Gasteiger partial charge >= 0.3 is 7.60 Å². The molecule has 10 heteroatoms. The lowest BCUT2D eigenvalue weighted by molar-refractivity contribution is 0.224. The van der Waals surface area contributed by atoms with Crippen LogP contribution in [0.1, 0.15) is 52.4 Å². The molecule has 2 heterocycles. The lowest BCUT2D eigenvalue weighted by Crippen LogP contribution is -2.11. The first-order valence-electron chi connectivity index (χ1n) is 10.0. The number of hydrogen-bond donors (Lipinski definition) is 1. The molecule has 0 spiro atoms. The monoisotopic (exact) mass is 427 g/mol. The van der Waals surface area contributed by atoms with Crippen LogP contribution in [0.5, 0.6) is 0 Å². The number of aryl methyl sites for hydroxylation is 1. The van der Waals surface area contributed by atoms with Crippen LogP contribution in [0, 0.1) is 5.92 Å².